The topological polar surface area (TPSA) is 54.5 Å². The number of nitrogens with one attached hydrogen (secondary N) is 1. The van der Waals surface area contributed by atoms with Crippen molar-refractivity contribution < 1.29 is 9.53 Å². The van der Waals surface area contributed by atoms with Gasteiger partial charge in [-0.15, -0.1) is 0 Å². The van der Waals surface area contributed by atoms with Crippen LogP contribution in [-0.4, -0.2) is 35.1 Å². The Morgan fingerprint density at radius 1 is 1.23 bits per heavy atom. The van der Waals surface area contributed by atoms with Crippen LogP contribution >= 0.6 is 0 Å². The van der Waals surface area contributed by atoms with E-state index in [2.05, 4.69) is 10.3 Å². The number of benzene rings is 1. The van der Waals surface area contributed by atoms with E-state index in [0.29, 0.717) is 25.5 Å². The highest BCUT2D eigenvalue weighted by Gasteiger charge is 2.27. The molecule has 0 bridgehead atoms. The Kier molecular flexibility index (Phi) is 4.53. The first-order chi connectivity index (χ1) is 10.8. The van der Waals surface area contributed by atoms with E-state index in [-0.39, 0.29) is 12.1 Å². The molecule has 1 atom stereocenters. The normalized spacial score (nSPS) is 17.3. The predicted octanol–water partition coefficient (Wildman–Crippen LogP) is 2.44. The number of pyridine rings is 1. The zero-order valence-electron chi connectivity index (χ0n) is 12.3. The number of hydrogen-bond donors (Lipinski definition) is 1. The van der Waals surface area contributed by atoms with Gasteiger partial charge in [0, 0.05) is 31.8 Å². The van der Waals surface area contributed by atoms with Gasteiger partial charge in [0.05, 0.1) is 6.54 Å². The van der Waals surface area contributed by atoms with Gasteiger partial charge in [0.1, 0.15) is 6.10 Å². The van der Waals surface area contributed by atoms with Gasteiger partial charge in [0.25, 0.3) is 0 Å². The SMILES string of the molecule is O=C(NCc1ccccc1)N1CC[C@H](Oc2ccccn2)C1. The van der Waals surface area contributed by atoms with Crippen LogP contribution in [0.15, 0.2) is 54.7 Å². The summed E-state index contributed by atoms with van der Waals surface area (Å²) in [5.41, 5.74) is 1.09. The number of aromatic nitrogens is 1. The molecule has 114 valence electrons. The van der Waals surface area contributed by atoms with Crippen molar-refractivity contribution in [2.24, 2.45) is 0 Å². The predicted molar refractivity (Wildman–Crippen MR) is 83.5 cm³/mol. The molecule has 1 aromatic heterocycles. The van der Waals surface area contributed by atoms with Crippen LogP contribution in [0, 0.1) is 0 Å². The van der Waals surface area contributed by atoms with Gasteiger partial charge in [-0.05, 0) is 11.6 Å². The summed E-state index contributed by atoms with van der Waals surface area (Å²) in [7, 11) is 0. The molecule has 0 saturated carbocycles. The number of carbonyl (C=O) groups excluding carboxylic acids is 1. The first kappa shape index (κ1) is 14.4. The minimum absolute atomic E-state index is 0.0115. The second-order valence-electron chi connectivity index (χ2n) is 5.29. The Bertz CT molecular complexity index is 604. The third-order valence-electron chi connectivity index (χ3n) is 3.64. The third-order valence-corrected chi connectivity index (χ3v) is 3.64. The summed E-state index contributed by atoms with van der Waals surface area (Å²) in [5, 5.41) is 2.94. The summed E-state index contributed by atoms with van der Waals surface area (Å²) in [6, 6.07) is 15.4. The fraction of sp³-hybridized carbons (Fsp3) is 0.294. The fourth-order valence-corrected chi connectivity index (χ4v) is 2.48. The Balaban J connectivity index is 1.46. The summed E-state index contributed by atoms with van der Waals surface area (Å²) < 4.78 is 5.79. The quantitative estimate of drug-likeness (QED) is 0.943. The van der Waals surface area contributed by atoms with Crippen LogP contribution in [0.1, 0.15) is 12.0 Å². The average Bonchev–Trinajstić information content (AvgIpc) is 3.03. The van der Waals surface area contributed by atoms with E-state index in [9.17, 15) is 4.79 Å². The Labute approximate surface area is 129 Å². The second kappa shape index (κ2) is 6.93. The van der Waals surface area contributed by atoms with Crippen LogP contribution in [-0.2, 0) is 6.54 Å². The second-order valence-corrected chi connectivity index (χ2v) is 5.29. The molecule has 1 fully saturated rings. The molecular formula is C17H19N3O2. The number of ether oxygens (including phenoxy) is 1. The highest BCUT2D eigenvalue weighted by molar-refractivity contribution is 5.74. The monoisotopic (exact) mass is 297 g/mol. The van der Waals surface area contributed by atoms with Crippen LogP contribution in [0.2, 0.25) is 0 Å². The number of hydrogen-bond acceptors (Lipinski definition) is 3. The van der Waals surface area contributed by atoms with Crippen molar-refractivity contribution in [2.75, 3.05) is 13.1 Å². The minimum Gasteiger partial charge on any atom is -0.472 e. The molecule has 1 N–H and O–H groups in total. The molecule has 1 aromatic carbocycles. The van der Waals surface area contributed by atoms with Crippen molar-refractivity contribution in [1.29, 1.82) is 0 Å². The van der Waals surface area contributed by atoms with Crippen LogP contribution in [0.25, 0.3) is 0 Å². The van der Waals surface area contributed by atoms with Gasteiger partial charge in [-0.1, -0.05) is 36.4 Å². The largest absolute Gasteiger partial charge is 0.472 e. The van der Waals surface area contributed by atoms with Crippen LogP contribution in [0.3, 0.4) is 0 Å². The lowest BCUT2D eigenvalue weighted by molar-refractivity contribution is 0.183. The summed E-state index contributed by atoms with van der Waals surface area (Å²) in [4.78, 5) is 18.1. The van der Waals surface area contributed by atoms with Crippen molar-refractivity contribution in [3.05, 3.63) is 60.3 Å². The summed E-state index contributed by atoms with van der Waals surface area (Å²) in [6.45, 7) is 1.84. The van der Waals surface area contributed by atoms with Crippen molar-refractivity contribution in [1.82, 2.24) is 15.2 Å². The van der Waals surface area contributed by atoms with Gasteiger partial charge in [0.2, 0.25) is 5.88 Å². The molecule has 1 aliphatic rings. The number of likely N-dealkylation sites (tertiary alicyclic amines) is 1. The molecule has 5 nitrogen and oxygen atoms in total. The maximum Gasteiger partial charge on any atom is 0.317 e. The number of carbonyl (C=O) groups is 1. The standard InChI is InChI=1S/C17H19N3O2/c21-17(19-12-14-6-2-1-3-7-14)20-11-9-15(13-20)22-16-8-4-5-10-18-16/h1-8,10,15H,9,11-13H2,(H,19,21)/t15-/m0/s1. The van der Waals surface area contributed by atoms with Crippen molar-refractivity contribution in [3.63, 3.8) is 0 Å². The molecular weight excluding hydrogens is 278 g/mol. The maximum absolute atomic E-state index is 12.2. The lowest BCUT2D eigenvalue weighted by Gasteiger charge is -2.17. The molecule has 1 saturated heterocycles. The zero-order valence-corrected chi connectivity index (χ0v) is 12.3. The molecule has 0 unspecified atom stereocenters. The third kappa shape index (κ3) is 3.75. The van der Waals surface area contributed by atoms with Crippen LogP contribution < -0.4 is 10.1 Å². The van der Waals surface area contributed by atoms with Gasteiger partial charge in [-0.2, -0.15) is 0 Å². The lowest BCUT2D eigenvalue weighted by Crippen LogP contribution is -2.39. The number of rotatable bonds is 4. The summed E-state index contributed by atoms with van der Waals surface area (Å²) in [6.07, 6.45) is 2.54. The number of nitrogens with zero attached hydrogens (tertiary/aromatic N) is 2. The van der Waals surface area contributed by atoms with E-state index in [4.69, 9.17) is 4.74 Å². The molecule has 2 heterocycles. The van der Waals surface area contributed by atoms with E-state index in [0.717, 1.165) is 12.0 Å². The maximum atomic E-state index is 12.2. The number of urea groups is 1. The zero-order chi connectivity index (χ0) is 15.2. The highest BCUT2D eigenvalue weighted by Crippen LogP contribution is 2.16. The first-order valence-electron chi connectivity index (χ1n) is 7.45. The Hall–Kier alpha value is -2.56. The molecule has 3 rings (SSSR count). The van der Waals surface area contributed by atoms with E-state index < -0.39 is 0 Å². The van der Waals surface area contributed by atoms with E-state index in [1.807, 2.05) is 48.5 Å². The highest BCUT2D eigenvalue weighted by atomic mass is 16.5. The summed E-state index contributed by atoms with van der Waals surface area (Å²) in [5.74, 6) is 0.610. The molecule has 5 heteroatoms. The summed E-state index contributed by atoms with van der Waals surface area (Å²) >= 11 is 0. The van der Waals surface area contributed by atoms with Crippen molar-refractivity contribution in [3.8, 4) is 5.88 Å². The smallest absolute Gasteiger partial charge is 0.317 e. The van der Waals surface area contributed by atoms with E-state index in [1.165, 1.54) is 0 Å². The van der Waals surface area contributed by atoms with E-state index in [1.54, 1.807) is 11.1 Å². The van der Waals surface area contributed by atoms with Gasteiger partial charge in [0.15, 0.2) is 0 Å². The van der Waals surface area contributed by atoms with Crippen molar-refractivity contribution >= 4 is 6.03 Å². The Morgan fingerprint density at radius 2 is 2.05 bits per heavy atom. The minimum atomic E-state index is -0.0454. The molecule has 0 radical (unpaired) electrons. The van der Waals surface area contributed by atoms with Gasteiger partial charge >= 0.3 is 6.03 Å². The molecule has 2 aromatic rings. The lowest BCUT2D eigenvalue weighted by atomic mass is 10.2. The average molecular weight is 297 g/mol. The number of amides is 2. The van der Waals surface area contributed by atoms with E-state index >= 15 is 0 Å². The first-order valence-corrected chi connectivity index (χ1v) is 7.45. The van der Waals surface area contributed by atoms with Crippen molar-refractivity contribution in [2.45, 2.75) is 19.1 Å². The van der Waals surface area contributed by atoms with Gasteiger partial charge in [-0.3, -0.25) is 0 Å². The molecule has 2 amide bonds. The molecule has 0 aliphatic carbocycles. The van der Waals surface area contributed by atoms with Gasteiger partial charge < -0.3 is 15.0 Å². The molecule has 1 aliphatic heterocycles. The molecule has 0 spiro atoms. The molecule has 22 heavy (non-hydrogen) atoms. The van der Waals surface area contributed by atoms with Gasteiger partial charge in [-0.25, -0.2) is 9.78 Å². The Morgan fingerprint density at radius 3 is 2.82 bits per heavy atom. The van der Waals surface area contributed by atoms with Crippen LogP contribution in [0.4, 0.5) is 4.79 Å². The van der Waals surface area contributed by atoms with Crippen LogP contribution in [0.5, 0.6) is 5.88 Å². The fourth-order valence-electron chi connectivity index (χ4n) is 2.48.